The Bertz CT molecular complexity index is 1450. The van der Waals surface area contributed by atoms with Gasteiger partial charge < -0.3 is 10.2 Å². The van der Waals surface area contributed by atoms with Gasteiger partial charge in [-0.3, -0.25) is 13.9 Å². The first-order chi connectivity index (χ1) is 19.4. The van der Waals surface area contributed by atoms with Gasteiger partial charge in [-0.25, -0.2) is 8.42 Å². The molecular formula is C30H34Cl3N3O4S. The summed E-state index contributed by atoms with van der Waals surface area (Å²) >= 11 is 18.9. The normalized spacial score (nSPS) is 12.9. The average Bonchev–Trinajstić information content (AvgIpc) is 2.93. The summed E-state index contributed by atoms with van der Waals surface area (Å²) in [7, 11) is -4.20. The van der Waals surface area contributed by atoms with Gasteiger partial charge in [0.15, 0.2) is 0 Å². The largest absolute Gasteiger partial charge is 0.352 e. The standard InChI is InChI=1S/C30H34Cl3N3O4S/c1-5-21(4)34-30(38)28(6-2)35(18-25-26(32)8-7-9-27(25)33)29(37)19-36(23-14-10-20(3)11-15-23)41(39,40)24-16-12-22(31)13-17-24/h7-17,21,28H,5-6,18-19H2,1-4H3,(H,34,38)/t21-,28-/m1/s1. The lowest BCUT2D eigenvalue weighted by molar-refractivity contribution is -0.140. The number of rotatable bonds is 12. The number of amides is 2. The van der Waals surface area contributed by atoms with E-state index < -0.39 is 28.5 Å². The number of halogens is 3. The molecule has 2 amide bonds. The van der Waals surface area contributed by atoms with Crippen LogP contribution in [0.2, 0.25) is 15.1 Å². The van der Waals surface area contributed by atoms with Crippen LogP contribution in [0.5, 0.6) is 0 Å². The SMILES string of the molecule is CC[C@@H](C)NC(=O)[C@@H](CC)N(Cc1c(Cl)cccc1Cl)C(=O)CN(c1ccc(C)cc1)S(=O)(=O)c1ccc(Cl)cc1. The first kappa shape index (κ1) is 32.7. The van der Waals surface area contributed by atoms with Gasteiger partial charge in [0.2, 0.25) is 11.8 Å². The first-order valence-corrected chi connectivity index (χ1v) is 15.8. The molecule has 0 aromatic heterocycles. The molecule has 0 aliphatic carbocycles. The molecule has 0 saturated heterocycles. The molecule has 0 fully saturated rings. The van der Waals surface area contributed by atoms with E-state index in [4.69, 9.17) is 34.8 Å². The molecule has 3 aromatic rings. The minimum atomic E-state index is -4.20. The summed E-state index contributed by atoms with van der Waals surface area (Å²) < 4.78 is 28.8. The second-order valence-corrected chi connectivity index (χ2v) is 12.9. The smallest absolute Gasteiger partial charge is 0.264 e. The molecule has 220 valence electrons. The van der Waals surface area contributed by atoms with Crippen molar-refractivity contribution < 1.29 is 18.0 Å². The molecular weight excluding hydrogens is 605 g/mol. The van der Waals surface area contributed by atoms with E-state index in [0.29, 0.717) is 32.7 Å². The van der Waals surface area contributed by atoms with Crippen molar-refractivity contribution in [2.45, 2.75) is 64.1 Å². The van der Waals surface area contributed by atoms with Crippen LogP contribution < -0.4 is 9.62 Å². The molecule has 0 heterocycles. The highest BCUT2D eigenvalue weighted by atomic mass is 35.5. The molecule has 1 N–H and O–H groups in total. The Morgan fingerprint density at radius 3 is 2.00 bits per heavy atom. The lowest BCUT2D eigenvalue weighted by atomic mass is 10.1. The number of sulfonamides is 1. The number of carbonyl (C=O) groups excluding carboxylic acids is 2. The second kappa shape index (κ2) is 14.4. The zero-order valence-corrected chi connectivity index (χ0v) is 26.5. The highest BCUT2D eigenvalue weighted by Crippen LogP contribution is 2.29. The molecule has 3 aromatic carbocycles. The lowest BCUT2D eigenvalue weighted by Crippen LogP contribution is -2.53. The van der Waals surface area contributed by atoms with Crippen LogP contribution in [0.25, 0.3) is 0 Å². The van der Waals surface area contributed by atoms with Gasteiger partial charge in [-0.15, -0.1) is 0 Å². The van der Waals surface area contributed by atoms with Crippen LogP contribution in [0, 0.1) is 6.92 Å². The fourth-order valence-electron chi connectivity index (χ4n) is 4.19. The quantitative estimate of drug-likeness (QED) is 0.235. The monoisotopic (exact) mass is 637 g/mol. The predicted molar refractivity (Wildman–Crippen MR) is 166 cm³/mol. The zero-order chi connectivity index (χ0) is 30.3. The molecule has 41 heavy (non-hydrogen) atoms. The van der Waals surface area contributed by atoms with E-state index in [1.807, 2.05) is 20.8 Å². The molecule has 0 radical (unpaired) electrons. The Kier molecular flexibility index (Phi) is 11.5. The molecule has 0 unspecified atom stereocenters. The Morgan fingerprint density at radius 2 is 1.46 bits per heavy atom. The molecule has 0 aliphatic rings. The minimum absolute atomic E-state index is 0.0301. The van der Waals surface area contributed by atoms with Gasteiger partial charge in [0.25, 0.3) is 10.0 Å². The molecule has 0 aliphatic heterocycles. The second-order valence-electron chi connectivity index (χ2n) is 9.76. The van der Waals surface area contributed by atoms with Gasteiger partial charge in [-0.2, -0.15) is 0 Å². The van der Waals surface area contributed by atoms with Crippen LogP contribution in [-0.4, -0.2) is 43.8 Å². The van der Waals surface area contributed by atoms with Crippen LogP contribution in [0.4, 0.5) is 5.69 Å². The third-order valence-corrected chi connectivity index (χ3v) is 9.53. The van der Waals surface area contributed by atoms with Crippen molar-refractivity contribution in [2.24, 2.45) is 0 Å². The van der Waals surface area contributed by atoms with E-state index in [1.165, 1.54) is 29.2 Å². The van der Waals surface area contributed by atoms with Crippen molar-refractivity contribution >= 4 is 62.3 Å². The van der Waals surface area contributed by atoms with Gasteiger partial charge in [0.05, 0.1) is 10.6 Å². The zero-order valence-electron chi connectivity index (χ0n) is 23.4. The van der Waals surface area contributed by atoms with E-state index in [1.54, 1.807) is 49.4 Å². The molecule has 0 bridgehead atoms. The molecule has 11 heteroatoms. The summed E-state index contributed by atoms with van der Waals surface area (Å²) in [5.41, 5.74) is 1.68. The molecule has 2 atom stereocenters. The van der Waals surface area contributed by atoms with Crippen LogP contribution in [0.3, 0.4) is 0 Å². The number of anilines is 1. The lowest BCUT2D eigenvalue weighted by Gasteiger charge is -2.34. The number of carbonyl (C=O) groups is 2. The first-order valence-electron chi connectivity index (χ1n) is 13.3. The van der Waals surface area contributed by atoms with Gasteiger partial charge in [0, 0.05) is 33.2 Å². The number of benzene rings is 3. The number of nitrogens with zero attached hydrogens (tertiary/aromatic N) is 2. The van der Waals surface area contributed by atoms with Crippen LogP contribution in [-0.2, 0) is 26.2 Å². The van der Waals surface area contributed by atoms with Crippen molar-refractivity contribution in [3.63, 3.8) is 0 Å². The number of hydrogen-bond acceptors (Lipinski definition) is 4. The van der Waals surface area contributed by atoms with E-state index >= 15 is 0 Å². The van der Waals surface area contributed by atoms with Gasteiger partial charge >= 0.3 is 0 Å². The average molecular weight is 639 g/mol. The maximum Gasteiger partial charge on any atom is 0.264 e. The number of nitrogens with one attached hydrogen (secondary N) is 1. The highest BCUT2D eigenvalue weighted by molar-refractivity contribution is 7.92. The summed E-state index contributed by atoms with van der Waals surface area (Å²) in [6, 6.07) is 16.5. The van der Waals surface area contributed by atoms with E-state index in [0.717, 1.165) is 9.87 Å². The summed E-state index contributed by atoms with van der Waals surface area (Å²) in [6.07, 6.45) is 0.984. The van der Waals surface area contributed by atoms with Crippen molar-refractivity contribution in [2.75, 3.05) is 10.8 Å². The Hall–Kier alpha value is -2.78. The molecule has 3 rings (SSSR count). The Labute approximate surface area is 257 Å². The van der Waals surface area contributed by atoms with Crippen molar-refractivity contribution in [3.05, 3.63) is 92.9 Å². The fourth-order valence-corrected chi connectivity index (χ4v) is 6.25. The molecule has 0 spiro atoms. The summed E-state index contributed by atoms with van der Waals surface area (Å²) in [5, 5.41) is 3.98. The minimum Gasteiger partial charge on any atom is -0.352 e. The third kappa shape index (κ3) is 8.16. The summed E-state index contributed by atoms with van der Waals surface area (Å²) in [6.45, 7) is 6.83. The maximum atomic E-state index is 14.1. The van der Waals surface area contributed by atoms with Crippen molar-refractivity contribution in [1.29, 1.82) is 0 Å². The van der Waals surface area contributed by atoms with Gasteiger partial charge in [0.1, 0.15) is 12.6 Å². The van der Waals surface area contributed by atoms with Gasteiger partial charge in [-0.1, -0.05) is 72.4 Å². The maximum absolute atomic E-state index is 14.1. The predicted octanol–water partition coefficient (Wildman–Crippen LogP) is 6.87. The van der Waals surface area contributed by atoms with E-state index in [-0.39, 0.29) is 29.8 Å². The Morgan fingerprint density at radius 1 is 0.878 bits per heavy atom. The van der Waals surface area contributed by atoms with Gasteiger partial charge in [-0.05, 0) is 75.2 Å². The summed E-state index contributed by atoms with van der Waals surface area (Å²) in [4.78, 5) is 28.8. The van der Waals surface area contributed by atoms with Crippen molar-refractivity contribution in [1.82, 2.24) is 10.2 Å². The fraction of sp³-hybridized carbons (Fsp3) is 0.333. The molecule has 0 saturated carbocycles. The van der Waals surface area contributed by atoms with E-state index in [9.17, 15) is 18.0 Å². The van der Waals surface area contributed by atoms with Crippen LogP contribution in [0.15, 0.2) is 71.6 Å². The third-order valence-electron chi connectivity index (χ3n) is 6.78. The van der Waals surface area contributed by atoms with E-state index in [2.05, 4.69) is 5.32 Å². The number of aryl methyl sites for hydroxylation is 1. The van der Waals surface area contributed by atoms with Crippen LogP contribution in [0.1, 0.15) is 44.7 Å². The highest BCUT2D eigenvalue weighted by Gasteiger charge is 2.34. The Balaban J connectivity index is 2.09. The topological polar surface area (TPSA) is 86.8 Å². The number of hydrogen-bond donors (Lipinski definition) is 1. The van der Waals surface area contributed by atoms with Crippen LogP contribution >= 0.6 is 34.8 Å². The molecule has 7 nitrogen and oxygen atoms in total. The summed E-state index contributed by atoms with van der Waals surface area (Å²) in [5.74, 6) is -0.939. The van der Waals surface area contributed by atoms with Crippen molar-refractivity contribution in [3.8, 4) is 0 Å².